The number of fused-ring (bicyclic) bond motifs is 2. The van der Waals surface area contributed by atoms with E-state index in [9.17, 15) is 4.39 Å². The van der Waals surface area contributed by atoms with Gasteiger partial charge in [-0.2, -0.15) is 0 Å². The molecule has 0 aromatic carbocycles. The van der Waals surface area contributed by atoms with Gasteiger partial charge < -0.3 is 25.3 Å². The molecule has 4 rings (SSSR count). The summed E-state index contributed by atoms with van der Waals surface area (Å²) in [7, 11) is 1.51. The van der Waals surface area contributed by atoms with Gasteiger partial charge in [-0.05, 0) is 25.0 Å². The topological polar surface area (TPSA) is 77.0 Å². The van der Waals surface area contributed by atoms with Gasteiger partial charge in [0.15, 0.2) is 0 Å². The maximum absolute atomic E-state index is 14.2. The molecule has 0 amide bonds. The highest BCUT2D eigenvalue weighted by atomic mass is 19.1. The van der Waals surface area contributed by atoms with Crippen LogP contribution < -0.4 is 10.1 Å². The molecule has 136 valence electrons. The highest BCUT2D eigenvalue weighted by Gasteiger charge is 2.33. The Balaban J connectivity index is 1.65. The second-order valence-electron chi connectivity index (χ2n) is 6.77. The second kappa shape index (κ2) is 6.92. The van der Waals surface area contributed by atoms with E-state index in [-0.39, 0.29) is 0 Å². The Morgan fingerprint density at radius 2 is 2.12 bits per heavy atom. The number of halogens is 1. The maximum Gasteiger partial charge on any atom is 0.213 e. The highest BCUT2D eigenvalue weighted by Crippen LogP contribution is 2.31. The molecule has 2 fully saturated rings. The zero-order chi connectivity index (χ0) is 18.1. The summed E-state index contributed by atoms with van der Waals surface area (Å²) in [5.74, 6) is -0.0211. The Morgan fingerprint density at radius 3 is 2.81 bits per heavy atom. The Kier molecular flexibility index (Phi) is 4.46. The van der Waals surface area contributed by atoms with Crippen LogP contribution in [0.2, 0.25) is 0 Å². The Bertz CT molecular complexity index is 834. The summed E-state index contributed by atoms with van der Waals surface area (Å²) in [5.41, 5.74) is 3.01. The van der Waals surface area contributed by atoms with Gasteiger partial charge in [0.2, 0.25) is 5.88 Å². The lowest BCUT2D eigenvalue weighted by atomic mass is 10.1. The molecule has 0 saturated carbocycles. The zero-order valence-electron chi connectivity index (χ0n) is 14.6. The molecule has 2 aromatic rings. The molecule has 4 heterocycles. The molecule has 0 radical (unpaired) electrons. The van der Waals surface area contributed by atoms with Gasteiger partial charge in [0.05, 0.1) is 24.7 Å². The fourth-order valence-corrected chi connectivity index (χ4v) is 3.89. The van der Waals surface area contributed by atoms with Crippen LogP contribution in [-0.4, -0.2) is 53.4 Å². The number of rotatable bonds is 5. The largest absolute Gasteiger partial charge is 0.481 e. The quantitative estimate of drug-likeness (QED) is 0.721. The summed E-state index contributed by atoms with van der Waals surface area (Å²) in [5, 5.41) is 11.1. The van der Waals surface area contributed by atoms with Crippen molar-refractivity contribution in [2.45, 2.75) is 24.9 Å². The van der Waals surface area contributed by atoms with Crippen molar-refractivity contribution in [1.82, 2.24) is 20.2 Å². The van der Waals surface area contributed by atoms with E-state index in [1.54, 1.807) is 18.3 Å². The predicted octanol–water partition coefficient (Wildman–Crippen LogP) is 2.65. The molecule has 2 aliphatic heterocycles. The van der Waals surface area contributed by atoms with Crippen LogP contribution in [0.3, 0.4) is 0 Å². The van der Waals surface area contributed by atoms with E-state index in [0.29, 0.717) is 23.5 Å². The van der Waals surface area contributed by atoms with E-state index in [4.69, 9.17) is 10.1 Å². The van der Waals surface area contributed by atoms with E-state index < -0.39 is 5.82 Å². The standard InChI is InChI=1S/C19H22FN5O/c1-26-19-7-15(16(20)9-23-19)12-6-17(22-8-12)18(4-5-21)25-10-13-2-3-14(11-25)24-13/h4-9,13-14,21-22,24H,2-3,10-11H2,1H3/b18-4+,21-5?. The van der Waals surface area contributed by atoms with E-state index in [0.717, 1.165) is 30.0 Å². The van der Waals surface area contributed by atoms with E-state index in [1.165, 1.54) is 32.4 Å². The fraction of sp³-hybridized carbons (Fsp3) is 0.368. The van der Waals surface area contributed by atoms with Crippen molar-refractivity contribution in [3.05, 3.63) is 42.1 Å². The number of nitrogens with one attached hydrogen (secondary N) is 3. The lowest BCUT2D eigenvalue weighted by molar-refractivity contribution is 0.275. The zero-order valence-corrected chi connectivity index (χ0v) is 14.6. The fourth-order valence-electron chi connectivity index (χ4n) is 3.89. The van der Waals surface area contributed by atoms with Gasteiger partial charge in [-0.3, -0.25) is 0 Å². The molecule has 2 unspecified atom stereocenters. The van der Waals surface area contributed by atoms with Gasteiger partial charge >= 0.3 is 0 Å². The number of nitrogens with zero attached hydrogens (tertiary/aromatic N) is 2. The minimum atomic E-state index is -0.394. The number of likely N-dealkylation sites (tertiary alicyclic amines) is 1. The maximum atomic E-state index is 14.2. The van der Waals surface area contributed by atoms with Crippen molar-refractivity contribution < 1.29 is 9.13 Å². The summed E-state index contributed by atoms with van der Waals surface area (Å²) in [6.07, 6.45) is 8.43. The van der Waals surface area contributed by atoms with E-state index in [1.807, 2.05) is 6.07 Å². The second-order valence-corrected chi connectivity index (χ2v) is 6.77. The smallest absolute Gasteiger partial charge is 0.213 e. The molecule has 26 heavy (non-hydrogen) atoms. The summed E-state index contributed by atoms with van der Waals surface area (Å²) >= 11 is 0. The van der Waals surface area contributed by atoms with Gasteiger partial charge in [-0.25, -0.2) is 9.37 Å². The van der Waals surface area contributed by atoms with Crippen LogP contribution in [0.15, 0.2) is 30.6 Å². The summed E-state index contributed by atoms with van der Waals surface area (Å²) in [6, 6.07) is 4.50. The van der Waals surface area contributed by atoms with Crippen LogP contribution in [0, 0.1) is 11.2 Å². The number of allylic oxidation sites excluding steroid dienone is 1. The van der Waals surface area contributed by atoms with Crippen molar-refractivity contribution in [2.75, 3.05) is 20.2 Å². The molecule has 2 atom stereocenters. The van der Waals surface area contributed by atoms with Crippen LogP contribution in [0.5, 0.6) is 5.88 Å². The summed E-state index contributed by atoms with van der Waals surface area (Å²) in [6.45, 7) is 1.84. The molecular formula is C19H22FN5O. The molecule has 3 N–H and O–H groups in total. The van der Waals surface area contributed by atoms with Crippen molar-refractivity contribution in [3.63, 3.8) is 0 Å². The normalized spacial score (nSPS) is 22.5. The lowest BCUT2D eigenvalue weighted by Gasteiger charge is -2.35. The SMILES string of the molecule is COc1cc(-c2c[nH]c(/C(=C\C=N)N3CC4CCC(C3)N4)c2)c(F)cn1. The Morgan fingerprint density at radius 1 is 1.35 bits per heavy atom. The van der Waals surface area contributed by atoms with Crippen LogP contribution in [0.4, 0.5) is 4.39 Å². The number of hydrogen-bond acceptors (Lipinski definition) is 5. The molecule has 2 aliphatic rings. The van der Waals surface area contributed by atoms with Crippen molar-refractivity contribution in [3.8, 4) is 17.0 Å². The lowest BCUT2D eigenvalue weighted by Crippen LogP contribution is -2.50. The Hall–Kier alpha value is -2.67. The average Bonchev–Trinajstić information content (AvgIpc) is 3.26. The van der Waals surface area contributed by atoms with Crippen molar-refractivity contribution >= 4 is 11.9 Å². The molecule has 0 spiro atoms. The number of H-pyrrole nitrogens is 1. The molecule has 7 heteroatoms. The summed E-state index contributed by atoms with van der Waals surface area (Å²) < 4.78 is 19.3. The predicted molar refractivity (Wildman–Crippen MR) is 98.8 cm³/mol. The van der Waals surface area contributed by atoms with Gasteiger partial charge in [-0.15, -0.1) is 0 Å². The minimum absolute atomic E-state index is 0.373. The van der Waals surface area contributed by atoms with Gasteiger partial charge in [0, 0.05) is 54.8 Å². The van der Waals surface area contributed by atoms with Crippen LogP contribution >= 0.6 is 0 Å². The molecule has 2 bridgehead atoms. The van der Waals surface area contributed by atoms with E-state index >= 15 is 0 Å². The number of ether oxygens (including phenoxy) is 1. The number of hydrogen-bond donors (Lipinski definition) is 3. The molecule has 6 nitrogen and oxygen atoms in total. The molecule has 2 saturated heterocycles. The number of piperazine rings is 1. The number of aromatic nitrogens is 2. The molecule has 0 aliphatic carbocycles. The first-order valence-corrected chi connectivity index (χ1v) is 8.78. The number of methoxy groups -OCH3 is 1. The number of pyridine rings is 1. The van der Waals surface area contributed by atoms with Crippen LogP contribution in [0.1, 0.15) is 18.5 Å². The van der Waals surface area contributed by atoms with Crippen LogP contribution in [-0.2, 0) is 0 Å². The first kappa shape index (κ1) is 16.8. The third kappa shape index (κ3) is 3.10. The van der Waals surface area contributed by atoms with Crippen molar-refractivity contribution in [1.29, 1.82) is 5.41 Å². The first-order chi connectivity index (χ1) is 12.7. The molecular weight excluding hydrogens is 333 g/mol. The van der Waals surface area contributed by atoms with Crippen LogP contribution in [0.25, 0.3) is 16.8 Å². The molecule has 2 aromatic heterocycles. The summed E-state index contributed by atoms with van der Waals surface area (Å²) in [4.78, 5) is 9.44. The number of aromatic amines is 1. The first-order valence-electron chi connectivity index (χ1n) is 8.78. The minimum Gasteiger partial charge on any atom is -0.481 e. The Labute approximate surface area is 151 Å². The third-order valence-electron chi connectivity index (χ3n) is 5.11. The third-order valence-corrected chi connectivity index (χ3v) is 5.11. The van der Waals surface area contributed by atoms with Gasteiger partial charge in [-0.1, -0.05) is 0 Å². The van der Waals surface area contributed by atoms with Crippen molar-refractivity contribution in [2.24, 2.45) is 0 Å². The average molecular weight is 355 g/mol. The highest BCUT2D eigenvalue weighted by molar-refractivity contribution is 5.82. The van der Waals surface area contributed by atoms with Gasteiger partial charge in [0.25, 0.3) is 0 Å². The monoisotopic (exact) mass is 355 g/mol. The van der Waals surface area contributed by atoms with Gasteiger partial charge in [0.1, 0.15) is 5.82 Å². The van der Waals surface area contributed by atoms with E-state index in [2.05, 4.69) is 20.2 Å².